The third-order valence-corrected chi connectivity index (χ3v) is 3.64. The third kappa shape index (κ3) is 3.54. The molecule has 1 fully saturated rings. The van der Waals surface area contributed by atoms with Gasteiger partial charge < -0.3 is 4.42 Å². The number of aromatic nitrogens is 1. The maximum atomic E-state index is 11.8. The van der Waals surface area contributed by atoms with Crippen LogP contribution in [0, 0.1) is 0 Å². The van der Waals surface area contributed by atoms with E-state index in [1.54, 1.807) is 12.3 Å². The van der Waals surface area contributed by atoms with Crippen LogP contribution in [0.1, 0.15) is 12.3 Å². The number of nitrogens with zero attached hydrogens (tertiary/aromatic N) is 2. The molecule has 1 aliphatic rings. The van der Waals surface area contributed by atoms with Crippen molar-refractivity contribution in [2.75, 3.05) is 6.54 Å². The number of imide groups is 1. The summed E-state index contributed by atoms with van der Waals surface area (Å²) in [6, 6.07) is 6.55. The number of rotatable bonds is 5. The van der Waals surface area contributed by atoms with E-state index in [2.05, 4.69) is 15.7 Å². The first-order valence-electron chi connectivity index (χ1n) is 7.13. The highest BCUT2D eigenvalue weighted by Crippen LogP contribution is 2.28. The number of aryl methyl sites for hydroxylation is 1. The van der Waals surface area contributed by atoms with Crippen LogP contribution >= 0.6 is 11.6 Å². The summed E-state index contributed by atoms with van der Waals surface area (Å²) in [7, 11) is 0. The predicted molar refractivity (Wildman–Crippen MR) is 83.7 cm³/mol. The Kier molecular flexibility index (Phi) is 4.48. The van der Waals surface area contributed by atoms with Crippen molar-refractivity contribution in [3.05, 3.63) is 41.4 Å². The number of benzene rings is 1. The monoisotopic (exact) mass is 348 g/mol. The number of carbonyl (C=O) groups is 3. The number of hydrogen-bond acceptors (Lipinski definition) is 5. The number of nitrogens with one attached hydrogen (secondary N) is 2. The molecule has 9 heteroatoms. The summed E-state index contributed by atoms with van der Waals surface area (Å²) in [5.74, 6) is 0.0114. The maximum Gasteiger partial charge on any atom is 0.343 e. The van der Waals surface area contributed by atoms with Crippen LogP contribution in [0.2, 0.25) is 5.02 Å². The van der Waals surface area contributed by atoms with Crippen LogP contribution in [0.5, 0.6) is 0 Å². The second-order valence-electron chi connectivity index (χ2n) is 5.07. The van der Waals surface area contributed by atoms with Gasteiger partial charge in [0.2, 0.25) is 11.8 Å². The summed E-state index contributed by atoms with van der Waals surface area (Å²) < 4.78 is 5.59. The Morgan fingerprint density at radius 2 is 2.17 bits per heavy atom. The fourth-order valence-corrected chi connectivity index (χ4v) is 2.40. The number of urea groups is 1. The van der Waals surface area contributed by atoms with Crippen molar-refractivity contribution in [2.45, 2.75) is 12.8 Å². The van der Waals surface area contributed by atoms with Crippen LogP contribution in [0.4, 0.5) is 4.79 Å². The molecule has 1 aromatic carbocycles. The van der Waals surface area contributed by atoms with Crippen LogP contribution in [0.3, 0.4) is 0 Å². The maximum absolute atomic E-state index is 11.8. The Hall–Kier alpha value is -2.87. The molecule has 2 aromatic rings. The topological polar surface area (TPSA) is 105 Å². The van der Waals surface area contributed by atoms with E-state index in [1.807, 2.05) is 18.2 Å². The Balaban J connectivity index is 1.56. The van der Waals surface area contributed by atoms with Crippen molar-refractivity contribution in [3.8, 4) is 11.3 Å². The zero-order valence-corrected chi connectivity index (χ0v) is 13.2. The average Bonchev–Trinajstić information content (AvgIpc) is 3.13. The van der Waals surface area contributed by atoms with Crippen molar-refractivity contribution in [1.82, 2.24) is 20.7 Å². The minimum atomic E-state index is -0.648. The molecule has 0 radical (unpaired) electrons. The molecular weight excluding hydrogens is 336 g/mol. The molecule has 8 nitrogen and oxygen atoms in total. The molecule has 1 aliphatic heterocycles. The lowest BCUT2D eigenvalue weighted by Crippen LogP contribution is -2.44. The molecule has 24 heavy (non-hydrogen) atoms. The van der Waals surface area contributed by atoms with Crippen LogP contribution in [-0.4, -0.2) is 34.4 Å². The van der Waals surface area contributed by atoms with Gasteiger partial charge in [0.05, 0.1) is 11.2 Å². The van der Waals surface area contributed by atoms with E-state index in [-0.39, 0.29) is 19.4 Å². The first-order chi connectivity index (χ1) is 11.5. The first-order valence-corrected chi connectivity index (χ1v) is 7.51. The molecule has 3 rings (SSSR count). The molecule has 124 valence electrons. The van der Waals surface area contributed by atoms with Gasteiger partial charge in [0, 0.05) is 18.4 Å². The number of amides is 4. The number of oxazole rings is 1. The average molecular weight is 349 g/mol. The predicted octanol–water partition coefficient (Wildman–Crippen LogP) is 1.51. The van der Waals surface area contributed by atoms with E-state index < -0.39 is 17.8 Å². The minimum absolute atomic E-state index is 0.0560. The highest BCUT2D eigenvalue weighted by Gasteiger charge is 2.28. The largest absolute Gasteiger partial charge is 0.441 e. The van der Waals surface area contributed by atoms with Gasteiger partial charge in [0.1, 0.15) is 6.54 Å². The fraction of sp³-hybridized carbons (Fsp3) is 0.200. The summed E-state index contributed by atoms with van der Waals surface area (Å²) >= 11 is 6.09. The van der Waals surface area contributed by atoms with Gasteiger partial charge >= 0.3 is 6.03 Å². The Labute approximate surface area is 141 Å². The SMILES string of the molecule is O=C1CN(NC(=O)CCc2ncc(-c3ccccc3Cl)o2)C(=O)N1. The highest BCUT2D eigenvalue weighted by atomic mass is 35.5. The zero-order chi connectivity index (χ0) is 17.1. The molecular formula is C15H13ClN4O4. The molecule has 0 saturated carbocycles. The summed E-state index contributed by atoms with van der Waals surface area (Å²) in [5, 5.41) is 3.53. The summed E-state index contributed by atoms with van der Waals surface area (Å²) in [4.78, 5) is 38.3. The quantitative estimate of drug-likeness (QED) is 0.797. The zero-order valence-electron chi connectivity index (χ0n) is 12.4. The van der Waals surface area contributed by atoms with Gasteiger partial charge in [0.25, 0.3) is 0 Å². The molecule has 0 atom stereocenters. The van der Waals surface area contributed by atoms with Crippen molar-refractivity contribution in [2.24, 2.45) is 0 Å². The third-order valence-electron chi connectivity index (χ3n) is 3.31. The van der Waals surface area contributed by atoms with E-state index in [9.17, 15) is 14.4 Å². The van der Waals surface area contributed by atoms with E-state index in [0.29, 0.717) is 16.7 Å². The van der Waals surface area contributed by atoms with Gasteiger partial charge in [-0.1, -0.05) is 23.7 Å². The van der Waals surface area contributed by atoms with Crippen molar-refractivity contribution >= 4 is 29.4 Å². The lowest BCUT2D eigenvalue weighted by atomic mass is 10.2. The van der Waals surface area contributed by atoms with E-state index in [4.69, 9.17) is 16.0 Å². The van der Waals surface area contributed by atoms with Crippen LogP contribution in [0.15, 0.2) is 34.9 Å². The van der Waals surface area contributed by atoms with Crippen LogP contribution < -0.4 is 10.7 Å². The summed E-state index contributed by atoms with van der Waals surface area (Å²) in [5.41, 5.74) is 3.07. The molecule has 1 saturated heterocycles. The van der Waals surface area contributed by atoms with Gasteiger partial charge in [-0.25, -0.2) is 14.8 Å². The van der Waals surface area contributed by atoms with Crippen LogP contribution in [0.25, 0.3) is 11.3 Å². The van der Waals surface area contributed by atoms with Crippen molar-refractivity contribution in [3.63, 3.8) is 0 Å². The summed E-state index contributed by atoms with van der Waals surface area (Å²) in [6.07, 6.45) is 1.85. The molecule has 1 aromatic heterocycles. The van der Waals surface area contributed by atoms with Gasteiger partial charge in [-0.3, -0.25) is 20.3 Å². The number of hydrazine groups is 1. The Morgan fingerprint density at radius 1 is 1.38 bits per heavy atom. The number of hydrogen-bond donors (Lipinski definition) is 2. The smallest absolute Gasteiger partial charge is 0.343 e. The lowest BCUT2D eigenvalue weighted by Gasteiger charge is -2.13. The van der Waals surface area contributed by atoms with E-state index in [0.717, 1.165) is 10.6 Å². The highest BCUT2D eigenvalue weighted by molar-refractivity contribution is 6.33. The molecule has 0 bridgehead atoms. The second-order valence-corrected chi connectivity index (χ2v) is 5.48. The minimum Gasteiger partial charge on any atom is -0.441 e. The lowest BCUT2D eigenvalue weighted by molar-refractivity contribution is -0.125. The van der Waals surface area contributed by atoms with Crippen LogP contribution in [-0.2, 0) is 16.0 Å². The van der Waals surface area contributed by atoms with Gasteiger partial charge in [-0.2, -0.15) is 0 Å². The summed E-state index contributed by atoms with van der Waals surface area (Å²) in [6.45, 7) is -0.194. The van der Waals surface area contributed by atoms with Gasteiger partial charge in [-0.05, 0) is 12.1 Å². The first kappa shape index (κ1) is 16.0. The van der Waals surface area contributed by atoms with Gasteiger partial charge in [-0.15, -0.1) is 0 Å². The molecule has 0 unspecified atom stereocenters. The van der Waals surface area contributed by atoms with Gasteiger partial charge in [0.15, 0.2) is 11.7 Å². The van der Waals surface area contributed by atoms with E-state index >= 15 is 0 Å². The molecule has 2 heterocycles. The number of carbonyl (C=O) groups excluding carboxylic acids is 3. The Bertz CT molecular complexity index is 804. The molecule has 0 aliphatic carbocycles. The van der Waals surface area contributed by atoms with E-state index in [1.165, 1.54) is 0 Å². The molecule has 0 spiro atoms. The fourth-order valence-electron chi connectivity index (χ4n) is 2.17. The molecule has 4 amide bonds. The molecule has 2 N–H and O–H groups in total. The van der Waals surface area contributed by atoms with Crippen molar-refractivity contribution in [1.29, 1.82) is 0 Å². The second kappa shape index (κ2) is 6.71. The standard InChI is InChI=1S/C15H13ClN4O4/c16-10-4-2-1-3-9(10)11-7-17-14(24-11)6-5-12(21)19-20-8-13(22)18-15(20)23/h1-4,7H,5-6,8H2,(H,19,21)(H,18,22,23). The van der Waals surface area contributed by atoms with Crippen molar-refractivity contribution < 1.29 is 18.8 Å². The Morgan fingerprint density at radius 3 is 2.88 bits per heavy atom. The number of halogens is 1. The normalized spacial score (nSPS) is 14.0.